The first-order chi connectivity index (χ1) is 15.2. The van der Waals surface area contributed by atoms with Crippen LogP contribution in [-0.2, 0) is 13.1 Å². The number of aliphatic hydroxyl groups excluding tert-OH is 1. The summed E-state index contributed by atoms with van der Waals surface area (Å²) in [6.07, 6.45) is 5.73. The maximum Gasteiger partial charge on any atom is 0.161 e. The van der Waals surface area contributed by atoms with Crippen molar-refractivity contribution in [2.75, 3.05) is 14.2 Å². The van der Waals surface area contributed by atoms with Crippen molar-refractivity contribution in [3.8, 4) is 22.8 Å². The van der Waals surface area contributed by atoms with Crippen molar-refractivity contribution < 1.29 is 14.6 Å². The fourth-order valence-corrected chi connectivity index (χ4v) is 4.20. The summed E-state index contributed by atoms with van der Waals surface area (Å²) in [5, 5.41) is 18.4. The van der Waals surface area contributed by atoms with E-state index in [-0.39, 0.29) is 6.10 Å². The Labute approximate surface area is 183 Å². The van der Waals surface area contributed by atoms with Crippen molar-refractivity contribution in [3.05, 3.63) is 65.9 Å². The largest absolute Gasteiger partial charge is 0.493 e. The van der Waals surface area contributed by atoms with Gasteiger partial charge in [0.1, 0.15) is 0 Å². The molecule has 2 N–H and O–H groups in total. The zero-order valence-electron chi connectivity index (χ0n) is 18.3. The average molecular weight is 422 g/mol. The van der Waals surface area contributed by atoms with Gasteiger partial charge in [0.2, 0.25) is 0 Å². The lowest BCUT2D eigenvalue weighted by Gasteiger charge is -2.26. The highest BCUT2D eigenvalue weighted by Gasteiger charge is 2.20. The highest BCUT2D eigenvalue weighted by Crippen LogP contribution is 2.33. The maximum atomic E-state index is 9.78. The van der Waals surface area contributed by atoms with E-state index in [0.29, 0.717) is 17.5 Å². The minimum Gasteiger partial charge on any atom is -0.493 e. The number of nitrogens with zero attached hydrogens (tertiary/aromatic N) is 2. The Bertz CT molecular complexity index is 979. The topological polar surface area (TPSA) is 68.5 Å². The van der Waals surface area contributed by atoms with Crippen LogP contribution in [0.1, 0.15) is 36.8 Å². The third-order valence-electron chi connectivity index (χ3n) is 5.96. The van der Waals surface area contributed by atoms with Crippen LogP contribution < -0.4 is 14.8 Å². The van der Waals surface area contributed by atoms with Crippen molar-refractivity contribution in [1.82, 2.24) is 15.1 Å². The van der Waals surface area contributed by atoms with Gasteiger partial charge in [-0.1, -0.05) is 30.3 Å². The number of hydrogen-bond acceptors (Lipinski definition) is 5. The number of methoxy groups -OCH3 is 2. The van der Waals surface area contributed by atoms with Gasteiger partial charge in [0.05, 0.1) is 32.6 Å². The predicted octanol–water partition coefficient (Wildman–Crippen LogP) is 4.01. The summed E-state index contributed by atoms with van der Waals surface area (Å²) in [6.45, 7) is 1.45. The SMILES string of the molecule is COc1ccc(-c2nn(Cc3ccccc3)cc2CNC2CCC(O)CC2)cc1OC. The minimum absolute atomic E-state index is 0.144. The maximum absolute atomic E-state index is 9.78. The van der Waals surface area contributed by atoms with E-state index < -0.39 is 0 Å². The van der Waals surface area contributed by atoms with E-state index in [1.165, 1.54) is 5.56 Å². The number of rotatable bonds is 8. The van der Waals surface area contributed by atoms with E-state index in [1.807, 2.05) is 41.1 Å². The third kappa shape index (κ3) is 5.27. The molecule has 1 aliphatic carbocycles. The number of benzene rings is 2. The van der Waals surface area contributed by atoms with Gasteiger partial charge in [0.25, 0.3) is 0 Å². The van der Waals surface area contributed by atoms with Crippen LogP contribution in [0.2, 0.25) is 0 Å². The molecule has 0 saturated heterocycles. The number of aromatic nitrogens is 2. The fraction of sp³-hybridized carbons (Fsp3) is 0.400. The van der Waals surface area contributed by atoms with Crippen molar-refractivity contribution >= 4 is 0 Å². The van der Waals surface area contributed by atoms with Gasteiger partial charge in [-0.25, -0.2) is 0 Å². The van der Waals surface area contributed by atoms with Gasteiger partial charge in [-0.05, 0) is 49.4 Å². The molecule has 1 saturated carbocycles. The molecule has 4 rings (SSSR count). The molecule has 0 spiro atoms. The number of aliphatic hydroxyl groups is 1. The number of hydrogen-bond donors (Lipinski definition) is 2. The van der Waals surface area contributed by atoms with Gasteiger partial charge in [0.15, 0.2) is 11.5 Å². The highest BCUT2D eigenvalue weighted by atomic mass is 16.5. The lowest BCUT2D eigenvalue weighted by molar-refractivity contribution is 0.116. The second-order valence-corrected chi connectivity index (χ2v) is 8.14. The molecule has 1 fully saturated rings. The van der Waals surface area contributed by atoms with Crippen molar-refractivity contribution in [2.24, 2.45) is 0 Å². The molecule has 0 atom stereocenters. The molecule has 1 aliphatic rings. The van der Waals surface area contributed by atoms with Crippen molar-refractivity contribution in [2.45, 2.75) is 50.9 Å². The number of nitrogens with one attached hydrogen (secondary N) is 1. The third-order valence-corrected chi connectivity index (χ3v) is 5.96. The van der Waals surface area contributed by atoms with Crippen LogP contribution in [0, 0.1) is 0 Å². The van der Waals surface area contributed by atoms with Crippen LogP contribution in [0.3, 0.4) is 0 Å². The second kappa shape index (κ2) is 9.98. The molecule has 0 radical (unpaired) electrons. The van der Waals surface area contributed by atoms with Gasteiger partial charge < -0.3 is 19.9 Å². The van der Waals surface area contributed by atoms with E-state index in [9.17, 15) is 5.11 Å². The Balaban J connectivity index is 1.60. The molecule has 2 aromatic carbocycles. The average Bonchev–Trinajstić information content (AvgIpc) is 3.21. The molecule has 31 heavy (non-hydrogen) atoms. The highest BCUT2D eigenvalue weighted by molar-refractivity contribution is 5.66. The first kappa shape index (κ1) is 21.4. The normalized spacial score (nSPS) is 18.7. The van der Waals surface area contributed by atoms with E-state index in [1.54, 1.807) is 14.2 Å². The van der Waals surface area contributed by atoms with Crippen LogP contribution in [0.15, 0.2) is 54.7 Å². The zero-order chi connectivity index (χ0) is 21.6. The molecule has 1 heterocycles. The summed E-state index contributed by atoms with van der Waals surface area (Å²) < 4.78 is 12.9. The van der Waals surface area contributed by atoms with E-state index in [2.05, 4.69) is 23.6 Å². The Kier molecular flexibility index (Phi) is 6.89. The Morgan fingerprint density at radius 2 is 1.74 bits per heavy atom. The summed E-state index contributed by atoms with van der Waals surface area (Å²) >= 11 is 0. The van der Waals surface area contributed by atoms with Gasteiger partial charge in [-0.3, -0.25) is 4.68 Å². The van der Waals surface area contributed by atoms with E-state index >= 15 is 0 Å². The molecule has 0 aliphatic heterocycles. The lowest BCUT2D eigenvalue weighted by Crippen LogP contribution is -2.34. The molecule has 164 valence electrons. The Hall–Kier alpha value is -2.83. The molecule has 0 unspecified atom stereocenters. The zero-order valence-corrected chi connectivity index (χ0v) is 18.3. The predicted molar refractivity (Wildman–Crippen MR) is 121 cm³/mol. The summed E-state index contributed by atoms with van der Waals surface area (Å²) in [7, 11) is 3.29. The monoisotopic (exact) mass is 421 g/mol. The minimum atomic E-state index is -0.144. The second-order valence-electron chi connectivity index (χ2n) is 8.14. The van der Waals surface area contributed by atoms with Gasteiger partial charge >= 0.3 is 0 Å². The molecular weight excluding hydrogens is 390 g/mol. The Morgan fingerprint density at radius 3 is 2.45 bits per heavy atom. The molecule has 3 aromatic rings. The lowest BCUT2D eigenvalue weighted by atomic mass is 9.93. The molecule has 1 aromatic heterocycles. The summed E-state index contributed by atoms with van der Waals surface area (Å²) in [4.78, 5) is 0. The first-order valence-corrected chi connectivity index (χ1v) is 10.9. The molecule has 0 amide bonds. The van der Waals surface area contributed by atoms with Crippen LogP contribution in [-0.4, -0.2) is 41.3 Å². The Morgan fingerprint density at radius 1 is 1.00 bits per heavy atom. The van der Waals surface area contributed by atoms with Crippen molar-refractivity contribution in [3.63, 3.8) is 0 Å². The van der Waals surface area contributed by atoms with Gasteiger partial charge in [-0.2, -0.15) is 5.10 Å². The molecular formula is C25H31N3O3. The van der Waals surface area contributed by atoms with Crippen LogP contribution >= 0.6 is 0 Å². The molecule has 6 heteroatoms. The molecule has 0 bridgehead atoms. The fourth-order valence-electron chi connectivity index (χ4n) is 4.20. The smallest absolute Gasteiger partial charge is 0.161 e. The van der Waals surface area contributed by atoms with Crippen LogP contribution in [0.5, 0.6) is 11.5 Å². The van der Waals surface area contributed by atoms with Crippen molar-refractivity contribution in [1.29, 1.82) is 0 Å². The van der Waals surface area contributed by atoms with Crippen LogP contribution in [0.25, 0.3) is 11.3 Å². The summed E-state index contributed by atoms with van der Waals surface area (Å²) in [5.41, 5.74) is 4.31. The quantitative estimate of drug-likeness (QED) is 0.575. The van der Waals surface area contributed by atoms with E-state index in [4.69, 9.17) is 14.6 Å². The summed E-state index contributed by atoms with van der Waals surface area (Å²) in [5.74, 6) is 1.40. The van der Waals surface area contributed by atoms with Gasteiger partial charge in [0, 0.05) is 29.9 Å². The number of ether oxygens (including phenoxy) is 2. The molecule has 6 nitrogen and oxygen atoms in total. The summed E-state index contributed by atoms with van der Waals surface area (Å²) in [6, 6.07) is 16.7. The van der Waals surface area contributed by atoms with Gasteiger partial charge in [-0.15, -0.1) is 0 Å². The van der Waals surface area contributed by atoms with E-state index in [0.717, 1.165) is 55.6 Å². The first-order valence-electron chi connectivity index (χ1n) is 10.9. The van der Waals surface area contributed by atoms with Crippen LogP contribution in [0.4, 0.5) is 0 Å². The standard InChI is InChI=1S/C25H31N3O3/c1-30-23-13-8-19(14-24(23)31-2)25-20(15-26-21-9-11-22(29)12-10-21)17-28(27-25)16-18-6-4-3-5-7-18/h3-8,13-14,17,21-22,26,29H,9-12,15-16H2,1-2H3.